The molecule has 0 saturated heterocycles. The lowest BCUT2D eigenvalue weighted by Gasteiger charge is -2.17. The van der Waals surface area contributed by atoms with Gasteiger partial charge >= 0.3 is 0 Å². The van der Waals surface area contributed by atoms with Gasteiger partial charge in [-0.25, -0.2) is 0 Å². The number of anilines is 1. The summed E-state index contributed by atoms with van der Waals surface area (Å²) in [5.74, 6) is 0. The maximum atomic E-state index is 8.70. The van der Waals surface area contributed by atoms with Crippen molar-refractivity contribution in [3.8, 4) is 0 Å². The van der Waals surface area contributed by atoms with E-state index in [1.807, 2.05) is 31.2 Å². The average Bonchev–Trinajstić information content (AvgIpc) is 2.37. The van der Waals surface area contributed by atoms with Gasteiger partial charge in [0.15, 0.2) is 0 Å². The smallest absolute Gasteiger partial charge is 0.124 e. The van der Waals surface area contributed by atoms with Gasteiger partial charge in [-0.15, -0.1) is 0 Å². The van der Waals surface area contributed by atoms with Crippen LogP contribution in [0.5, 0.6) is 0 Å². The molecule has 0 aliphatic carbocycles. The molecule has 2 aromatic rings. The summed E-state index contributed by atoms with van der Waals surface area (Å²) in [6, 6.07) is 14.3. The number of aliphatic hydroxyl groups excluding tert-OH is 1. The SMILES string of the molecule is CC(Nc1cccc2ccccc12)OCCO. The molecule has 1 atom stereocenters. The van der Waals surface area contributed by atoms with Crippen LogP contribution in [0.3, 0.4) is 0 Å². The average molecular weight is 231 g/mol. The Labute approximate surface area is 101 Å². The summed E-state index contributed by atoms with van der Waals surface area (Å²) in [6.07, 6.45) is -0.118. The minimum atomic E-state index is -0.118. The van der Waals surface area contributed by atoms with E-state index >= 15 is 0 Å². The first-order valence-corrected chi connectivity index (χ1v) is 5.78. The second kappa shape index (κ2) is 5.66. The lowest BCUT2D eigenvalue weighted by molar-refractivity contribution is 0.0543. The van der Waals surface area contributed by atoms with E-state index in [4.69, 9.17) is 9.84 Å². The van der Waals surface area contributed by atoms with Gasteiger partial charge in [0, 0.05) is 11.1 Å². The van der Waals surface area contributed by atoms with E-state index in [1.54, 1.807) is 0 Å². The van der Waals surface area contributed by atoms with Crippen LogP contribution in [0.25, 0.3) is 10.8 Å². The molecule has 2 N–H and O–H groups in total. The molecule has 0 aliphatic heterocycles. The van der Waals surface area contributed by atoms with Gasteiger partial charge < -0.3 is 15.2 Å². The largest absolute Gasteiger partial charge is 0.394 e. The minimum Gasteiger partial charge on any atom is -0.394 e. The minimum absolute atomic E-state index is 0.0432. The highest BCUT2D eigenvalue weighted by molar-refractivity contribution is 5.93. The van der Waals surface area contributed by atoms with Crippen LogP contribution in [0.2, 0.25) is 0 Å². The molecule has 3 nitrogen and oxygen atoms in total. The van der Waals surface area contributed by atoms with Gasteiger partial charge in [0.05, 0.1) is 13.2 Å². The highest BCUT2D eigenvalue weighted by Gasteiger charge is 2.04. The Morgan fingerprint density at radius 2 is 1.94 bits per heavy atom. The molecule has 0 fully saturated rings. The Morgan fingerprint density at radius 3 is 2.76 bits per heavy atom. The van der Waals surface area contributed by atoms with Crippen LogP contribution in [0.15, 0.2) is 42.5 Å². The third-order valence-corrected chi connectivity index (χ3v) is 2.61. The molecule has 0 bridgehead atoms. The zero-order valence-corrected chi connectivity index (χ0v) is 9.89. The van der Waals surface area contributed by atoms with Gasteiger partial charge in [-0.2, -0.15) is 0 Å². The fourth-order valence-electron chi connectivity index (χ4n) is 1.84. The molecule has 90 valence electrons. The summed E-state index contributed by atoms with van der Waals surface area (Å²) < 4.78 is 5.38. The summed E-state index contributed by atoms with van der Waals surface area (Å²) in [6.45, 7) is 2.32. The Bertz CT molecular complexity index is 479. The predicted octanol–water partition coefficient (Wildman–Crippen LogP) is 2.61. The zero-order valence-electron chi connectivity index (χ0n) is 9.89. The van der Waals surface area contributed by atoms with Gasteiger partial charge in [0.1, 0.15) is 6.23 Å². The molecule has 0 aromatic heterocycles. The van der Waals surface area contributed by atoms with E-state index in [2.05, 4.69) is 23.5 Å². The monoisotopic (exact) mass is 231 g/mol. The van der Waals surface area contributed by atoms with E-state index in [0.717, 1.165) is 5.69 Å². The van der Waals surface area contributed by atoms with Crippen molar-refractivity contribution in [2.45, 2.75) is 13.2 Å². The summed E-state index contributed by atoms with van der Waals surface area (Å²) in [4.78, 5) is 0. The third-order valence-electron chi connectivity index (χ3n) is 2.61. The van der Waals surface area contributed by atoms with Crippen LogP contribution >= 0.6 is 0 Å². The van der Waals surface area contributed by atoms with E-state index < -0.39 is 0 Å². The summed E-state index contributed by atoms with van der Waals surface area (Å²) in [5, 5.41) is 14.4. The number of nitrogens with one attached hydrogen (secondary N) is 1. The van der Waals surface area contributed by atoms with Crippen LogP contribution in [-0.4, -0.2) is 24.5 Å². The molecule has 17 heavy (non-hydrogen) atoms. The van der Waals surface area contributed by atoms with Gasteiger partial charge in [0.2, 0.25) is 0 Å². The van der Waals surface area contributed by atoms with Crippen molar-refractivity contribution in [1.82, 2.24) is 0 Å². The second-order valence-electron chi connectivity index (χ2n) is 3.91. The van der Waals surface area contributed by atoms with Gasteiger partial charge in [-0.3, -0.25) is 0 Å². The Balaban J connectivity index is 2.18. The van der Waals surface area contributed by atoms with Crippen molar-refractivity contribution >= 4 is 16.5 Å². The van der Waals surface area contributed by atoms with E-state index in [9.17, 15) is 0 Å². The number of ether oxygens (including phenoxy) is 1. The van der Waals surface area contributed by atoms with Crippen LogP contribution in [0, 0.1) is 0 Å². The molecule has 0 heterocycles. The molecule has 2 rings (SSSR count). The van der Waals surface area contributed by atoms with Gasteiger partial charge in [0.25, 0.3) is 0 Å². The fraction of sp³-hybridized carbons (Fsp3) is 0.286. The fourth-order valence-corrected chi connectivity index (χ4v) is 1.84. The van der Waals surface area contributed by atoms with E-state index in [1.165, 1.54) is 10.8 Å². The third kappa shape index (κ3) is 2.96. The zero-order chi connectivity index (χ0) is 12.1. The first-order chi connectivity index (χ1) is 8.31. The van der Waals surface area contributed by atoms with Crippen molar-refractivity contribution in [2.24, 2.45) is 0 Å². The van der Waals surface area contributed by atoms with Crippen LogP contribution in [0.1, 0.15) is 6.92 Å². The Morgan fingerprint density at radius 1 is 1.18 bits per heavy atom. The summed E-state index contributed by atoms with van der Waals surface area (Å²) in [5.41, 5.74) is 1.05. The molecule has 0 amide bonds. The summed E-state index contributed by atoms with van der Waals surface area (Å²) >= 11 is 0. The topological polar surface area (TPSA) is 41.5 Å². The number of aliphatic hydroxyl groups is 1. The molecule has 1 unspecified atom stereocenters. The van der Waals surface area contributed by atoms with Crippen molar-refractivity contribution in [3.63, 3.8) is 0 Å². The van der Waals surface area contributed by atoms with Crippen LogP contribution in [0.4, 0.5) is 5.69 Å². The molecule has 3 heteroatoms. The van der Waals surface area contributed by atoms with Crippen molar-refractivity contribution < 1.29 is 9.84 Å². The van der Waals surface area contributed by atoms with Crippen LogP contribution < -0.4 is 5.32 Å². The molecular weight excluding hydrogens is 214 g/mol. The molecule has 0 radical (unpaired) electrons. The van der Waals surface area contributed by atoms with Crippen molar-refractivity contribution in [3.05, 3.63) is 42.5 Å². The second-order valence-corrected chi connectivity index (χ2v) is 3.91. The number of hydrogen-bond donors (Lipinski definition) is 2. The van der Waals surface area contributed by atoms with Crippen LogP contribution in [-0.2, 0) is 4.74 Å². The lowest BCUT2D eigenvalue weighted by atomic mass is 10.1. The Kier molecular flexibility index (Phi) is 3.96. The normalized spacial score (nSPS) is 12.6. The quantitative estimate of drug-likeness (QED) is 0.777. The molecule has 0 spiro atoms. The standard InChI is InChI=1S/C14H17NO2/c1-11(17-10-9-16)15-14-8-4-6-12-5-2-3-7-13(12)14/h2-8,11,15-16H,9-10H2,1H3. The van der Waals surface area contributed by atoms with Crippen molar-refractivity contribution in [1.29, 1.82) is 0 Å². The number of hydrogen-bond acceptors (Lipinski definition) is 3. The molecule has 0 saturated carbocycles. The highest BCUT2D eigenvalue weighted by atomic mass is 16.5. The number of benzene rings is 2. The number of rotatable bonds is 5. The van der Waals surface area contributed by atoms with Gasteiger partial charge in [-0.1, -0.05) is 36.4 Å². The first kappa shape index (κ1) is 11.9. The van der Waals surface area contributed by atoms with E-state index in [-0.39, 0.29) is 12.8 Å². The van der Waals surface area contributed by atoms with Crippen molar-refractivity contribution in [2.75, 3.05) is 18.5 Å². The lowest BCUT2D eigenvalue weighted by Crippen LogP contribution is -2.20. The predicted molar refractivity (Wildman–Crippen MR) is 70.1 cm³/mol. The maximum Gasteiger partial charge on any atom is 0.124 e. The van der Waals surface area contributed by atoms with E-state index in [0.29, 0.717) is 6.61 Å². The number of fused-ring (bicyclic) bond motifs is 1. The molecule has 0 aliphatic rings. The highest BCUT2D eigenvalue weighted by Crippen LogP contribution is 2.23. The van der Waals surface area contributed by atoms with Gasteiger partial charge in [-0.05, 0) is 18.4 Å². The molecular formula is C14H17NO2. The Hall–Kier alpha value is -1.58. The molecule has 2 aromatic carbocycles. The first-order valence-electron chi connectivity index (χ1n) is 5.78. The maximum absolute atomic E-state index is 8.70. The summed E-state index contributed by atoms with van der Waals surface area (Å²) in [7, 11) is 0.